The normalized spacial score (nSPS) is 25.4. The molecule has 1 aliphatic carbocycles. The fourth-order valence-electron chi connectivity index (χ4n) is 3.58. The first-order valence-corrected chi connectivity index (χ1v) is 7.85. The zero-order chi connectivity index (χ0) is 14.6. The van der Waals surface area contributed by atoms with E-state index >= 15 is 0 Å². The Balaban J connectivity index is 1.91. The van der Waals surface area contributed by atoms with Crippen molar-refractivity contribution in [1.82, 2.24) is 10.2 Å². The smallest absolute Gasteiger partial charge is 0.326 e. The van der Waals surface area contributed by atoms with E-state index in [4.69, 9.17) is 0 Å². The van der Waals surface area contributed by atoms with Crippen molar-refractivity contribution in [2.75, 3.05) is 13.1 Å². The van der Waals surface area contributed by atoms with Crippen LogP contribution in [-0.2, 0) is 4.79 Å². The van der Waals surface area contributed by atoms with Crippen LogP contribution in [0.15, 0.2) is 0 Å². The van der Waals surface area contributed by atoms with Gasteiger partial charge in [0, 0.05) is 13.1 Å². The summed E-state index contributed by atoms with van der Waals surface area (Å²) in [4.78, 5) is 25.0. The van der Waals surface area contributed by atoms with Crippen molar-refractivity contribution in [2.45, 2.75) is 64.3 Å². The number of amides is 2. The molecule has 0 aromatic heterocycles. The molecule has 114 valence electrons. The van der Waals surface area contributed by atoms with E-state index in [0.29, 0.717) is 19.5 Å². The number of rotatable bonds is 4. The molecule has 2 aliphatic rings. The van der Waals surface area contributed by atoms with Gasteiger partial charge in [-0.1, -0.05) is 19.8 Å². The van der Waals surface area contributed by atoms with Gasteiger partial charge in [0.05, 0.1) is 0 Å². The van der Waals surface area contributed by atoms with Crippen LogP contribution in [0, 0.1) is 5.41 Å². The van der Waals surface area contributed by atoms with E-state index in [0.717, 1.165) is 19.3 Å². The summed E-state index contributed by atoms with van der Waals surface area (Å²) in [7, 11) is 0. The summed E-state index contributed by atoms with van der Waals surface area (Å²) in [6, 6.07) is -0.846. The number of hydrogen-bond donors (Lipinski definition) is 2. The number of nitrogens with one attached hydrogen (secondary N) is 1. The Hall–Kier alpha value is -1.26. The second-order valence-electron chi connectivity index (χ2n) is 6.26. The molecule has 2 amide bonds. The third-order valence-corrected chi connectivity index (χ3v) is 5.08. The summed E-state index contributed by atoms with van der Waals surface area (Å²) in [5.41, 5.74) is 0.240. The molecule has 2 N–H and O–H groups in total. The molecule has 2 fully saturated rings. The molecular formula is C15H26N2O3. The van der Waals surface area contributed by atoms with Gasteiger partial charge in [-0.3, -0.25) is 0 Å². The largest absolute Gasteiger partial charge is 0.480 e. The van der Waals surface area contributed by atoms with Crippen molar-refractivity contribution in [1.29, 1.82) is 0 Å². The van der Waals surface area contributed by atoms with Crippen LogP contribution in [0.2, 0.25) is 0 Å². The summed E-state index contributed by atoms with van der Waals surface area (Å²) in [6.07, 6.45) is 8.27. The summed E-state index contributed by atoms with van der Waals surface area (Å²) in [5, 5.41) is 12.2. The quantitative estimate of drug-likeness (QED) is 0.832. The number of likely N-dealkylation sites (tertiary alicyclic amines) is 1. The lowest BCUT2D eigenvalue weighted by atomic mass is 9.83. The maximum absolute atomic E-state index is 12.3. The summed E-state index contributed by atoms with van der Waals surface area (Å²) in [5.74, 6) is -0.883. The highest BCUT2D eigenvalue weighted by atomic mass is 16.4. The minimum atomic E-state index is -0.883. The van der Waals surface area contributed by atoms with Crippen LogP contribution in [0.5, 0.6) is 0 Å². The van der Waals surface area contributed by atoms with Crippen molar-refractivity contribution in [2.24, 2.45) is 5.41 Å². The Morgan fingerprint density at radius 2 is 1.95 bits per heavy atom. The first-order chi connectivity index (χ1) is 9.58. The molecule has 1 aliphatic heterocycles. The van der Waals surface area contributed by atoms with Crippen LogP contribution in [0.25, 0.3) is 0 Å². The van der Waals surface area contributed by atoms with E-state index in [-0.39, 0.29) is 11.4 Å². The van der Waals surface area contributed by atoms with Crippen molar-refractivity contribution >= 4 is 12.0 Å². The molecule has 2 rings (SSSR count). The van der Waals surface area contributed by atoms with Crippen molar-refractivity contribution in [3.63, 3.8) is 0 Å². The van der Waals surface area contributed by atoms with Gasteiger partial charge in [-0.15, -0.1) is 0 Å². The van der Waals surface area contributed by atoms with E-state index in [1.54, 1.807) is 0 Å². The molecule has 1 heterocycles. The number of aliphatic carboxylic acids is 1. The fraction of sp³-hybridized carbons (Fsp3) is 0.867. The zero-order valence-electron chi connectivity index (χ0n) is 12.4. The maximum Gasteiger partial charge on any atom is 0.326 e. The van der Waals surface area contributed by atoms with Gasteiger partial charge < -0.3 is 15.3 Å². The molecular weight excluding hydrogens is 256 g/mol. The van der Waals surface area contributed by atoms with E-state index in [9.17, 15) is 14.7 Å². The number of piperidine rings is 1. The molecule has 0 spiro atoms. The van der Waals surface area contributed by atoms with Gasteiger partial charge in [-0.25, -0.2) is 9.59 Å². The van der Waals surface area contributed by atoms with Crippen molar-refractivity contribution in [3.8, 4) is 0 Å². The van der Waals surface area contributed by atoms with Gasteiger partial charge in [0.1, 0.15) is 6.04 Å². The highest BCUT2D eigenvalue weighted by Gasteiger charge is 2.35. The number of carbonyl (C=O) groups excluding carboxylic acids is 1. The Morgan fingerprint density at radius 3 is 2.55 bits per heavy atom. The topological polar surface area (TPSA) is 69.6 Å². The van der Waals surface area contributed by atoms with E-state index in [1.807, 2.05) is 0 Å². The monoisotopic (exact) mass is 282 g/mol. The van der Waals surface area contributed by atoms with Gasteiger partial charge in [0.2, 0.25) is 0 Å². The standard InChI is InChI=1S/C15H26N2O3/c1-2-15(8-4-5-9-15)11-16-14(20)17-10-6-3-7-12(17)13(18)19/h12H,2-11H2,1H3,(H,16,20)(H,18,19). The average molecular weight is 282 g/mol. The predicted octanol–water partition coefficient (Wildman–Crippen LogP) is 2.61. The van der Waals surface area contributed by atoms with Crippen LogP contribution < -0.4 is 5.32 Å². The van der Waals surface area contributed by atoms with Gasteiger partial charge in [0.15, 0.2) is 0 Å². The molecule has 0 aromatic carbocycles. The van der Waals surface area contributed by atoms with Gasteiger partial charge in [-0.2, -0.15) is 0 Å². The number of nitrogens with zero attached hydrogens (tertiary/aromatic N) is 1. The van der Waals surface area contributed by atoms with E-state index < -0.39 is 12.0 Å². The highest BCUT2D eigenvalue weighted by molar-refractivity contribution is 5.82. The van der Waals surface area contributed by atoms with E-state index in [1.165, 1.54) is 30.6 Å². The zero-order valence-corrected chi connectivity index (χ0v) is 12.4. The highest BCUT2D eigenvalue weighted by Crippen LogP contribution is 2.40. The summed E-state index contributed by atoms with van der Waals surface area (Å²) < 4.78 is 0. The predicted molar refractivity (Wildman–Crippen MR) is 76.6 cm³/mol. The lowest BCUT2D eigenvalue weighted by molar-refractivity contribution is -0.143. The third kappa shape index (κ3) is 3.25. The molecule has 0 bridgehead atoms. The van der Waals surface area contributed by atoms with Crippen LogP contribution in [0.3, 0.4) is 0 Å². The third-order valence-electron chi connectivity index (χ3n) is 5.08. The molecule has 0 aromatic rings. The first-order valence-electron chi connectivity index (χ1n) is 7.85. The minimum absolute atomic E-state index is 0.197. The Kier molecular flexibility index (Phi) is 4.89. The van der Waals surface area contributed by atoms with Gasteiger partial charge >= 0.3 is 12.0 Å². The Bertz CT molecular complexity index is 364. The number of carboxylic acids is 1. The lowest BCUT2D eigenvalue weighted by Gasteiger charge is -2.35. The number of urea groups is 1. The second-order valence-corrected chi connectivity index (χ2v) is 6.26. The van der Waals surface area contributed by atoms with Gasteiger partial charge in [-0.05, 0) is 43.9 Å². The molecule has 5 nitrogen and oxygen atoms in total. The van der Waals surface area contributed by atoms with Crippen LogP contribution in [-0.4, -0.2) is 41.1 Å². The Labute approximate surface area is 120 Å². The Morgan fingerprint density at radius 1 is 1.25 bits per heavy atom. The van der Waals surface area contributed by atoms with Gasteiger partial charge in [0.25, 0.3) is 0 Å². The minimum Gasteiger partial charge on any atom is -0.480 e. The van der Waals surface area contributed by atoms with Crippen LogP contribution in [0.1, 0.15) is 58.3 Å². The number of carboxylic acid groups (broad SMARTS) is 1. The molecule has 1 saturated carbocycles. The number of carbonyl (C=O) groups is 2. The first kappa shape index (κ1) is 15.1. The fourth-order valence-corrected chi connectivity index (χ4v) is 3.58. The second kappa shape index (κ2) is 6.46. The lowest BCUT2D eigenvalue weighted by Crippen LogP contribution is -2.53. The van der Waals surface area contributed by atoms with Crippen molar-refractivity contribution < 1.29 is 14.7 Å². The average Bonchev–Trinajstić information content (AvgIpc) is 2.94. The number of hydrogen-bond acceptors (Lipinski definition) is 2. The molecule has 5 heteroatoms. The molecule has 1 atom stereocenters. The van der Waals surface area contributed by atoms with Crippen LogP contribution >= 0.6 is 0 Å². The SMILES string of the molecule is CCC1(CNC(=O)N2CCCCC2C(=O)O)CCCC1. The summed E-state index contributed by atoms with van der Waals surface area (Å²) in [6.45, 7) is 3.42. The van der Waals surface area contributed by atoms with Crippen LogP contribution in [0.4, 0.5) is 4.79 Å². The van der Waals surface area contributed by atoms with E-state index in [2.05, 4.69) is 12.2 Å². The molecule has 20 heavy (non-hydrogen) atoms. The summed E-state index contributed by atoms with van der Waals surface area (Å²) >= 11 is 0. The maximum atomic E-state index is 12.3. The molecule has 0 radical (unpaired) electrons. The molecule has 1 saturated heterocycles. The van der Waals surface area contributed by atoms with Crippen molar-refractivity contribution in [3.05, 3.63) is 0 Å². The molecule has 1 unspecified atom stereocenters.